The number of ether oxygens (including phenoxy) is 2. The van der Waals surface area contributed by atoms with Crippen molar-refractivity contribution in [2.45, 2.75) is 0 Å². The molecule has 0 atom stereocenters. The number of hydrogen-bond donors (Lipinski definition) is 0. The maximum Gasteiger partial charge on any atom is 0.347 e. The van der Waals surface area contributed by atoms with Crippen molar-refractivity contribution < 1.29 is 18.7 Å². The third-order valence-electron chi connectivity index (χ3n) is 3.74. The molecule has 5 nitrogen and oxygen atoms in total. The Bertz CT molecular complexity index is 1010. The molecule has 25 heavy (non-hydrogen) atoms. The first-order valence-corrected chi connectivity index (χ1v) is 7.59. The molecule has 0 amide bonds. The van der Waals surface area contributed by atoms with Gasteiger partial charge in [-0.3, -0.25) is 4.79 Å². The van der Waals surface area contributed by atoms with Gasteiger partial charge < -0.3 is 13.9 Å². The van der Waals surface area contributed by atoms with Gasteiger partial charge in [0, 0.05) is 5.39 Å². The average molecular weight is 336 g/mol. The summed E-state index contributed by atoms with van der Waals surface area (Å²) in [5.74, 6) is 0.734. The van der Waals surface area contributed by atoms with Crippen molar-refractivity contribution in [3.05, 3.63) is 76.2 Å². The minimum Gasteiger partial charge on any atom is -0.493 e. The van der Waals surface area contributed by atoms with Gasteiger partial charge >= 0.3 is 5.63 Å². The third-order valence-corrected chi connectivity index (χ3v) is 3.74. The number of para-hydroxylation sites is 1. The summed E-state index contributed by atoms with van der Waals surface area (Å²) >= 11 is 0. The third kappa shape index (κ3) is 3.45. The van der Waals surface area contributed by atoms with E-state index in [1.54, 1.807) is 55.7 Å². The van der Waals surface area contributed by atoms with Crippen molar-refractivity contribution in [1.29, 1.82) is 0 Å². The van der Waals surface area contributed by atoms with E-state index < -0.39 is 11.4 Å². The largest absolute Gasteiger partial charge is 0.493 e. The summed E-state index contributed by atoms with van der Waals surface area (Å²) in [5, 5.41) is 0.699. The van der Waals surface area contributed by atoms with Crippen molar-refractivity contribution in [3.63, 3.8) is 0 Å². The zero-order valence-corrected chi connectivity index (χ0v) is 13.8. The summed E-state index contributed by atoms with van der Waals surface area (Å²) in [5.41, 5.74) is 0.542. The number of fused-ring (bicyclic) bond motifs is 1. The topological polar surface area (TPSA) is 65.7 Å². The van der Waals surface area contributed by atoms with E-state index in [0.717, 1.165) is 5.56 Å². The van der Waals surface area contributed by atoms with Gasteiger partial charge in [-0.25, -0.2) is 4.79 Å². The Morgan fingerprint density at radius 2 is 1.76 bits per heavy atom. The lowest BCUT2D eigenvalue weighted by molar-refractivity contribution is 0.104. The number of ketones is 1. The fraction of sp³-hybridized carbons (Fsp3) is 0.100. The second kappa shape index (κ2) is 7.05. The molecule has 0 radical (unpaired) electrons. The van der Waals surface area contributed by atoms with Crippen LogP contribution in [-0.4, -0.2) is 20.0 Å². The molecule has 0 unspecified atom stereocenters. The van der Waals surface area contributed by atoms with Crippen LogP contribution in [0.15, 0.2) is 63.8 Å². The van der Waals surface area contributed by atoms with Crippen LogP contribution in [0.25, 0.3) is 17.0 Å². The maximum absolute atomic E-state index is 12.4. The number of benzene rings is 2. The van der Waals surface area contributed by atoms with Crippen LogP contribution in [0.2, 0.25) is 0 Å². The van der Waals surface area contributed by atoms with Crippen LogP contribution >= 0.6 is 0 Å². The van der Waals surface area contributed by atoms with E-state index in [0.29, 0.717) is 22.5 Å². The van der Waals surface area contributed by atoms with Gasteiger partial charge in [0.15, 0.2) is 17.3 Å². The van der Waals surface area contributed by atoms with Crippen LogP contribution in [0, 0.1) is 0 Å². The standard InChI is InChI=1S/C20H16O5/c1-23-18-10-8-13(11-19(18)24-2)7-9-16(21)15-12-14-5-3-4-6-17(14)25-20(15)22/h3-12H,1-2H3/b9-7+. The van der Waals surface area contributed by atoms with E-state index in [1.165, 1.54) is 13.2 Å². The highest BCUT2D eigenvalue weighted by Gasteiger charge is 2.11. The van der Waals surface area contributed by atoms with Gasteiger partial charge in [-0.05, 0) is 35.9 Å². The molecule has 1 heterocycles. The van der Waals surface area contributed by atoms with Gasteiger partial charge in [0.2, 0.25) is 0 Å². The SMILES string of the molecule is COc1ccc(/C=C/C(=O)c2cc3ccccc3oc2=O)cc1OC. The van der Waals surface area contributed by atoms with Gasteiger partial charge in [0.1, 0.15) is 11.1 Å². The molecule has 0 aliphatic carbocycles. The smallest absolute Gasteiger partial charge is 0.347 e. The molecule has 0 fully saturated rings. The average Bonchev–Trinajstić information content (AvgIpc) is 2.65. The first-order chi connectivity index (χ1) is 12.1. The lowest BCUT2D eigenvalue weighted by Crippen LogP contribution is -2.11. The highest BCUT2D eigenvalue weighted by atomic mass is 16.5. The van der Waals surface area contributed by atoms with Crippen molar-refractivity contribution in [3.8, 4) is 11.5 Å². The Morgan fingerprint density at radius 3 is 2.52 bits per heavy atom. The van der Waals surface area contributed by atoms with Gasteiger partial charge in [0.05, 0.1) is 14.2 Å². The van der Waals surface area contributed by atoms with E-state index in [1.807, 2.05) is 6.07 Å². The fourth-order valence-corrected chi connectivity index (χ4v) is 2.45. The van der Waals surface area contributed by atoms with Crippen molar-refractivity contribution in [2.24, 2.45) is 0 Å². The summed E-state index contributed by atoms with van der Waals surface area (Å²) < 4.78 is 15.6. The summed E-state index contributed by atoms with van der Waals surface area (Å²) in [6.45, 7) is 0. The molecule has 126 valence electrons. The summed E-state index contributed by atoms with van der Waals surface area (Å²) in [6.07, 6.45) is 2.95. The summed E-state index contributed by atoms with van der Waals surface area (Å²) in [7, 11) is 3.09. The molecular weight excluding hydrogens is 320 g/mol. The molecule has 1 aromatic heterocycles. The van der Waals surface area contributed by atoms with Gasteiger partial charge in [-0.2, -0.15) is 0 Å². The van der Waals surface area contributed by atoms with Crippen LogP contribution in [0.5, 0.6) is 11.5 Å². The van der Waals surface area contributed by atoms with Crippen LogP contribution in [0.3, 0.4) is 0 Å². The van der Waals surface area contributed by atoms with Gasteiger partial charge in [0.25, 0.3) is 0 Å². The number of methoxy groups -OCH3 is 2. The van der Waals surface area contributed by atoms with E-state index in [4.69, 9.17) is 13.9 Å². The predicted octanol–water partition coefficient (Wildman–Crippen LogP) is 3.71. The van der Waals surface area contributed by atoms with E-state index >= 15 is 0 Å². The molecule has 5 heteroatoms. The minimum atomic E-state index is -0.652. The first kappa shape index (κ1) is 16.5. The second-order valence-electron chi connectivity index (χ2n) is 5.30. The predicted molar refractivity (Wildman–Crippen MR) is 95.4 cm³/mol. The molecule has 0 aliphatic rings. The molecule has 0 spiro atoms. The Hall–Kier alpha value is -3.34. The fourth-order valence-electron chi connectivity index (χ4n) is 2.45. The Kier molecular flexibility index (Phi) is 4.66. The minimum absolute atomic E-state index is 0.00423. The van der Waals surface area contributed by atoms with Crippen LogP contribution < -0.4 is 15.1 Å². The zero-order valence-electron chi connectivity index (χ0n) is 13.8. The number of allylic oxidation sites excluding steroid dienone is 1. The Balaban J connectivity index is 1.91. The molecule has 0 N–H and O–H groups in total. The van der Waals surface area contributed by atoms with Crippen molar-refractivity contribution >= 4 is 22.8 Å². The number of hydrogen-bond acceptors (Lipinski definition) is 5. The zero-order chi connectivity index (χ0) is 17.8. The van der Waals surface area contributed by atoms with E-state index in [9.17, 15) is 9.59 Å². The molecule has 0 aliphatic heterocycles. The van der Waals surface area contributed by atoms with Crippen molar-refractivity contribution in [2.75, 3.05) is 14.2 Å². The molecular formula is C20H16O5. The van der Waals surface area contributed by atoms with Crippen LogP contribution in [-0.2, 0) is 0 Å². The summed E-state index contributed by atoms with van der Waals surface area (Å²) in [6, 6.07) is 13.9. The molecule has 0 bridgehead atoms. The lowest BCUT2D eigenvalue weighted by atomic mass is 10.1. The number of carbonyl (C=O) groups is 1. The van der Waals surface area contributed by atoms with Gasteiger partial charge in [-0.15, -0.1) is 0 Å². The lowest BCUT2D eigenvalue weighted by Gasteiger charge is -2.07. The van der Waals surface area contributed by atoms with Crippen LogP contribution in [0.1, 0.15) is 15.9 Å². The Morgan fingerprint density at radius 1 is 1.00 bits per heavy atom. The summed E-state index contributed by atoms with van der Waals surface area (Å²) in [4.78, 5) is 24.4. The Labute approximate surface area is 144 Å². The highest BCUT2D eigenvalue weighted by Crippen LogP contribution is 2.28. The highest BCUT2D eigenvalue weighted by molar-refractivity contribution is 6.07. The van der Waals surface area contributed by atoms with Gasteiger partial charge in [-0.1, -0.05) is 30.3 Å². The van der Waals surface area contributed by atoms with E-state index in [2.05, 4.69) is 0 Å². The second-order valence-corrected chi connectivity index (χ2v) is 5.30. The molecule has 3 aromatic rings. The molecule has 0 saturated carbocycles. The normalized spacial score (nSPS) is 11.0. The maximum atomic E-state index is 12.4. The quantitative estimate of drug-likeness (QED) is 0.404. The first-order valence-electron chi connectivity index (χ1n) is 7.59. The van der Waals surface area contributed by atoms with E-state index in [-0.39, 0.29) is 5.56 Å². The molecule has 2 aromatic carbocycles. The number of carbonyl (C=O) groups excluding carboxylic acids is 1. The van der Waals surface area contributed by atoms with Crippen LogP contribution in [0.4, 0.5) is 0 Å². The monoisotopic (exact) mass is 336 g/mol. The molecule has 0 saturated heterocycles. The van der Waals surface area contributed by atoms with Crippen molar-refractivity contribution in [1.82, 2.24) is 0 Å². The number of rotatable bonds is 5. The molecule has 3 rings (SSSR count).